The number of aromatic nitrogens is 2. The molecule has 2 aromatic heterocycles. The number of carbonyl (C=O) groups is 1. The fourth-order valence-corrected chi connectivity index (χ4v) is 6.30. The minimum Gasteiger partial charge on any atom is -0.388 e. The van der Waals surface area contributed by atoms with E-state index in [1.165, 1.54) is 53.8 Å². The molecule has 0 radical (unpaired) electrons. The van der Waals surface area contributed by atoms with Crippen LogP contribution in [0, 0.1) is 0 Å². The lowest BCUT2D eigenvalue weighted by Gasteiger charge is -2.15. The monoisotopic (exact) mass is 604 g/mol. The van der Waals surface area contributed by atoms with E-state index in [-0.39, 0.29) is 5.56 Å². The van der Waals surface area contributed by atoms with Crippen molar-refractivity contribution in [3.8, 4) is 5.69 Å². The van der Waals surface area contributed by atoms with Crippen LogP contribution in [0.25, 0.3) is 16.6 Å². The second kappa shape index (κ2) is 14.6. The zero-order chi connectivity index (χ0) is 27.6. The standard InChI is InChI=1S/C22H26ClN5O.C5H4ClNOS2/c1-24-16-6-8-21(19(23)13-16)28-15-26-20-14-17(5-7-18(20)22(28)29)25-9-4-12-27-10-2-3-11-27;6-4-1-2-5(9-4)10-7-3-8/h5-8,13-15,24-25H,2-4,9-12H2,1H3;1-3H,(H,7,8). The highest BCUT2D eigenvalue weighted by atomic mass is 35.5. The second-order valence-electron chi connectivity index (χ2n) is 8.79. The van der Waals surface area contributed by atoms with Gasteiger partial charge in [-0.3, -0.25) is 18.9 Å². The molecular formula is C27H30Cl2N6O2S2. The van der Waals surface area contributed by atoms with Crippen molar-refractivity contribution in [2.45, 2.75) is 23.5 Å². The summed E-state index contributed by atoms with van der Waals surface area (Å²) >= 11 is 14.7. The molecule has 4 aromatic rings. The molecule has 0 aliphatic carbocycles. The summed E-state index contributed by atoms with van der Waals surface area (Å²) in [5, 5.41) is 7.55. The Balaban J connectivity index is 0.000000298. The van der Waals surface area contributed by atoms with Gasteiger partial charge in [-0.25, -0.2) is 4.98 Å². The van der Waals surface area contributed by atoms with E-state index >= 15 is 0 Å². The average Bonchev–Trinajstić information content (AvgIpc) is 3.62. The number of nitrogens with zero attached hydrogens (tertiary/aromatic N) is 3. The van der Waals surface area contributed by atoms with Crippen molar-refractivity contribution in [1.82, 2.24) is 19.2 Å². The van der Waals surface area contributed by atoms with Gasteiger partial charge in [-0.1, -0.05) is 23.2 Å². The van der Waals surface area contributed by atoms with Crippen LogP contribution in [0.3, 0.4) is 0 Å². The first-order valence-electron chi connectivity index (χ1n) is 12.5. The summed E-state index contributed by atoms with van der Waals surface area (Å²) in [6.07, 6.45) is 5.94. The number of rotatable bonds is 10. The van der Waals surface area contributed by atoms with Gasteiger partial charge >= 0.3 is 0 Å². The number of benzene rings is 2. The molecule has 1 amide bonds. The van der Waals surface area contributed by atoms with E-state index in [9.17, 15) is 9.59 Å². The van der Waals surface area contributed by atoms with E-state index < -0.39 is 0 Å². The smallest absolute Gasteiger partial charge is 0.265 e. The maximum absolute atomic E-state index is 13.0. The van der Waals surface area contributed by atoms with Crippen molar-refractivity contribution in [3.05, 3.63) is 74.6 Å². The number of hydrogen-bond acceptors (Lipinski definition) is 8. The van der Waals surface area contributed by atoms with Gasteiger partial charge in [-0.05, 0) is 99.4 Å². The largest absolute Gasteiger partial charge is 0.388 e. The normalized spacial score (nSPS) is 13.1. The van der Waals surface area contributed by atoms with Crippen molar-refractivity contribution in [3.63, 3.8) is 0 Å². The topological polar surface area (TPSA) is 91.3 Å². The Labute approximate surface area is 245 Å². The number of likely N-dealkylation sites (tertiary alicyclic amines) is 1. The molecule has 0 atom stereocenters. The van der Waals surface area contributed by atoms with Crippen molar-refractivity contribution in [2.24, 2.45) is 0 Å². The zero-order valence-electron chi connectivity index (χ0n) is 21.5. The lowest BCUT2D eigenvalue weighted by Crippen LogP contribution is -2.22. The third kappa shape index (κ3) is 8.12. The quantitative estimate of drug-likeness (QED) is 0.114. The number of amides is 1. The van der Waals surface area contributed by atoms with Crippen molar-refractivity contribution in [2.75, 3.05) is 43.9 Å². The van der Waals surface area contributed by atoms with Gasteiger partial charge in [-0.2, -0.15) is 0 Å². The number of halogens is 2. The van der Waals surface area contributed by atoms with Gasteiger partial charge in [0.05, 0.1) is 30.2 Å². The number of carbonyl (C=O) groups excluding carboxylic acids is 1. The summed E-state index contributed by atoms with van der Waals surface area (Å²) in [5.41, 5.74) is 3.05. The van der Waals surface area contributed by atoms with Crippen LogP contribution in [-0.2, 0) is 4.79 Å². The fraction of sp³-hybridized carbons (Fsp3) is 0.296. The molecule has 1 saturated heterocycles. The van der Waals surface area contributed by atoms with Gasteiger partial charge in [0.15, 0.2) is 0 Å². The Morgan fingerprint density at radius 3 is 2.56 bits per heavy atom. The van der Waals surface area contributed by atoms with Crippen molar-refractivity contribution >= 4 is 75.2 Å². The molecule has 2 aromatic carbocycles. The third-order valence-corrected chi connectivity index (χ3v) is 8.57. The molecule has 0 spiro atoms. The van der Waals surface area contributed by atoms with Crippen LogP contribution >= 0.6 is 46.5 Å². The van der Waals surface area contributed by atoms with E-state index in [2.05, 4.69) is 25.2 Å². The summed E-state index contributed by atoms with van der Waals surface area (Å²) in [7, 11) is 1.83. The van der Waals surface area contributed by atoms with Crippen LogP contribution in [0.4, 0.5) is 11.4 Å². The van der Waals surface area contributed by atoms with Gasteiger partial charge in [-0.15, -0.1) is 11.3 Å². The van der Waals surface area contributed by atoms with Crippen molar-refractivity contribution in [1.29, 1.82) is 0 Å². The average molecular weight is 606 g/mol. The van der Waals surface area contributed by atoms with Crippen LogP contribution < -0.4 is 20.9 Å². The first-order chi connectivity index (χ1) is 19.0. The van der Waals surface area contributed by atoms with E-state index in [1.54, 1.807) is 18.5 Å². The summed E-state index contributed by atoms with van der Waals surface area (Å²) in [5.74, 6) is 0. The molecule has 1 aliphatic rings. The Kier molecular flexibility index (Phi) is 10.9. The predicted octanol–water partition coefficient (Wildman–Crippen LogP) is 6.13. The van der Waals surface area contributed by atoms with Crippen LogP contribution in [0.15, 0.2) is 63.9 Å². The van der Waals surface area contributed by atoms with Crippen LogP contribution in [-0.4, -0.2) is 54.1 Å². The van der Waals surface area contributed by atoms with Gasteiger partial charge in [0.2, 0.25) is 6.41 Å². The molecule has 39 heavy (non-hydrogen) atoms. The predicted molar refractivity (Wildman–Crippen MR) is 165 cm³/mol. The first kappa shape index (κ1) is 29.2. The van der Waals surface area contributed by atoms with Gasteiger partial charge in [0.25, 0.3) is 5.56 Å². The van der Waals surface area contributed by atoms with Crippen LogP contribution in [0.5, 0.6) is 0 Å². The highest BCUT2D eigenvalue weighted by molar-refractivity contribution is 7.99. The molecule has 0 bridgehead atoms. The maximum atomic E-state index is 13.0. The summed E-state index contributed by atoms with van der Waals surface area (Å²) < 4.78 is 5.67. The number of hydrogen-bond donors (Lipinski definition) is 3. The molecule has 1 aliphatic heterocycles. The molecule has 206 valence electrons. The number of fused-ring (bicyclic) bond motifs is 1. The lowest BCUT2D eigenvalue weighted by molar-refractivity contribution is -0.107. The molecule has 0 saturated carbocycles. The number of thiophene rings is 1. The van der Waals surface area contributed by atoms with Crippen LogP contribution in [0.2, 0.25) is 9.36 Å². The number of anilines is 2. The minimum atomic E-state index is -0.130. The highest BCUT2D eigenvalue weighted by Gasteiger charge is 2.11. The SMILES string of the molecule is CNc1ccc(-n2cnc3cc(NCCCN4CCCC4)ccc3c2=O)c(Cl)c1.O=CNSc1ccc(Cl)s1. The molecule has 8 nitrogen and oxygen atoms in total. The Bertz CT molecular complexity index is 1460. The third-order valence-electron chi connectivity index (χ3n) is 6.19. The van der Waals surface area contributed by atoms with E-state index in [0.717, 1.165) is 39.4 Å². The maximum Gasteiger partial charge on any atom is 0.265 e. The fourth-order valence-electron chi connectivity index (χ4n) is 4.24. The molecule has 0 unspecified atom stereocenters. The molecular weight excluding hydrogens is 575 g/mol. The van der Waals surface area contributed by atoms with E-state index in [0.29, 0.717) is 28.0 Å². The summed E-state index contributed by atoms with van der Waals surface area (Å²) in [6, 6.07) is 14.9. The minimum absolute atomic E-state index is 0.130. The van der Waals surface area contributed by atoms with Crippen molar-refractivity contribution < 1.29 is 4.79 Å². The molecule has 12 heteroatoms. The zero-order valence-corrected chi connectivity index (χ0v) is 24.6. The summed E-state index contributed by atoms with van der Waals surface area (Å²) in [4.78, 5) is 29.8. The molecule has 3 N–H and O–H groups in total. The Morgan fingerprint density at radius 2 is 1.87 bits per heavy atom. The van der Waals surface area contributed by atoms with Crippen LogP contribution in [0.1, 0.15) is 19.3 Å². The van der Waals surface area contributed by atoms with E-state index in [4.69, 9.17) is 23.2 Å². The Morgan fingerprint density at radius 1 is 1.08 bits per heavy atom. The second-order valence-corrected chi connectivity index (χ2v) is 12.1. The van der Waals surface area contributed by atoms with Gasteiger partial charge < -0.3 is 15.5 Å². The number of nitrogens with one attached hydrogen (secondary N) is 3. The Hall–Kier alpha value is -2.76. The van der Waals surface area contributed by atoms with Gasteiger partial charge in [0.1, 0.15) is 6.33 Å². The molecule has 3 heterocycles. The van der Waals surface area contributed by atoms with Gasteiger partial charge in [0, 0.05) is 25.0 Å². The first-order valence-corrected chi connectivity index (χ1v) is 14.9. The van der Waals surface area contributed by atoms with E-state index in [1.807, 2.05) is 43.4 Å². The summed E-state index contributed by atoms with van der Waals surface area (Å²) in [6.45, 7) is 4.50. The lowest BCUT2D eigenvalue weighted by atomic mass is 10.2. The molecule has 5 rings (SSSR count). The highest BCUT2D eigenvalue weighted by Crippen LogP contribution is 2.28. The molecule has 1 fully saturated rings.